The molecule has 2 rings (SSSR count). The van der Waals surface area contributed by atoms with Gasteiger partial charge in [-0.2, -0.15) is 0 Å². The molecule has 4 atom stereocenters. The van der Waals surface area contributed by atoms with Gasteiger partial charge in [0.2, 0.25) is 0 Å². The molecule has 2 aliphatic rings. The van der Waals surface area contributed by atoms with Gasteiger partial charge in [0.05, 0.1) is 19.8 Å². The molecule has 0 aromatic carbocycles. The molecule has 1 heterocycles. The minimum Gasteiger partial charge on any atom is -0.460 e. The molecule has 98 valence electrons. The Morgan fingerprint density at radius 3 is 2.41 bits per heavy atom. The molecule has 2 fully saturated rings. The van der Waals surface area contributed by atoms with Gasteiger partial charge in [-0.05, 0) is 31.1 Å². The Bertz CT molecular complexity index is 250. The van der Waals surface area contributed by atoms with Crippen molar-refractivity contribution in [3.63, 3.8) is 0 Å². The first kappa shape index (κ1) is 12.8. The van der Waals surface area contributed by atoms with Crippen molar-refractivity contribution in [2.24, 2.45) is 11.8 Å². The Morgan fingerprint density at radius 2 is 1.82 bits per heavy atom. The fourth-order valence-electron chi connectivity index (χ4n) is 2.83. The summed E-state index contributed by atoms with van der Waals surface area (Å²) in [6.45, 7) is 5.82. The van der Waals surface area contributed by atoms with E-state index in [1.54, 1.807) is 0 Å². The molecule has 4 heteroatoms. The maximum Gasteiger partial charge on any atom is 0.337 e. The van der Waals surface area contributed by atoms with Gasteiger partial charge in [0.25, 0.3) is 0 Å². The third kappa shape index (κ3) is 3.68. The van der Waals surface area contributed by atoms with E-state index in [4.69, 9.17) is 14.2 Å². The molecule has 17 heavy (non-hydrogen) atoms. The first-order valence-electron chi connectivity index (χ1n) is 6.55. The summed E-state index contributed by atoms with van der Waals surface area (Å²) >= 11 is 0. The van der Waals surface area contributed by atoms with Crippen LogP contribution < -0.4 is 0 Å². The predicted molar refractivity (Wildman–Crippen MR) is 62.6 cm³/mol. The van der Waals surface area contributed by atoms with Crippen LogP contribution in [0.15, 0.2) is 0 Å². The third-order valence-electron chi connectivity index (χ3n) is 3.50. The van der Waals surface area contributed by atoms with Crippen LogP contribution in [0.1, 0.15) is 33.1 Å². The number of esters is 1. The molecular weight excluding hydrogens is 220 g/mol. The molecule has 1 unspecified atom stereocenters. The summed E-state index contributed by atoms with van der Waals surface area (Å²) in [4.78, 5) is 11.9. The van der Waals surface area contributed by atoms with Crippen LogP contribution in [0.5, 0.6) is 0 Å². The Labute approximate surface area is 103 Å². The van der Waals surface area contributed by atoms with Gasteiger partial charge in [0.1, 0.15) is 6.10 Å². The van der Waals surface area contributed by atoms with Gasteiger partial charge < -0.3 is 14.2 Å². The molecular formula is C13H22O4. The standard InChI is InChI=1S/C13H22O4/c1-9-5-10(2)7-11(6-9)17-13(14)12-8-15-3-4-16-12/h9-12H,3-8H2,1-2H3/t9-,10+,11?,12-/m0/s1. The second-order valence-electron chi connectivity index (χ2n) is 5.41. The van der Waals surface area contributed by atoms with Gasteiger partial charge in [0.15, 0.2) is 6.10 Å². The van der Waals surface area contributed by atoms with Crippen LogP contribution >= 0.6 is 0 Å². The smallest absolute Gasteiger partial charge is 0.337 e. The second-order valence-corrected chi connectivity index (χ2v) is 5.41. The lowest BCUT2D eigenvalue weighted by atomic mass is 9.82. The van der Waals surface area contributed by atoms with E-state index in [0.29, 0.717) is 31.7 Å². The summed E-state index contributed by atoms with van der Waals surface area (Å²) in [5.41, 5.74) is 0. The molecule has 0 radical (unpaired) electrons. The van der Waals surface area contributed by atoms with E-state index in [2.05, 4.69) is 13.8 Å². The van der Waals surface area contributed by atoms with Crippen LogP contribution in [0.4, 0.5) is 0 Å². The molecule has 0 amide bonds. The summed E-state index contributed by atoms with van der Waals surface area (Å²) in [5, 5.41) is 0. The van der Waals surface area contributed by atoms with Gasteiger partial charge in [-0.1, -0.05) is 13.8 Å². The Morgan fingerprint density at radius 1 is 1.12 bits per heavy atom. The molecule has 0 N–H and O–H groups in total. The van der Waals surface area contributed by atoms with Crippen LogP contribution in [-0.2, 0) is 19.0 Å². The second kappa shape index (κ2) is 5.83. The molecule has 4 nitrogen and oxygen atoms in total. The number of hydrogen-bond acceptors (Lipinski definition) is 4. The zero-order valence-electron chi connectivity index (χ0n) is 10.7. The summed E-state index contributed by atoms with van der Waals surface area (Å²) < 4.78 is 16.1. The molecule has 0 aromatic heterocycles. The molecule has 1 aliphatic carbocycles. The largest absolute Gasteiger partial charge is 0.460 e. The maximum atomic E-state index is 11.9. The average molecular weight is 242 g/mol. The monoisotopic (exact) mass is 242 g/mol. The van der Waals surface area contributed by atoms with Gasteiger partial charge in [-0.15, -0.1) is 0 Å². The van der Waals surface area contributed by atoms with Crippen LogP contribution in [0.3, 0.4) is 0 Å². The highest BCUT2D eigenvalue weighted by atomic mass is 16.6. The third-order valence-corrected chi connectivity index (χ3v) is 3.50. The van der Waals surface area contributed by atoms with Gasteiger partial charge in [-0.3, -0.25) is 0 Å². The van der Waals surface area contributed by atoms with Gasteiger partial charge in [0, 0.05) is 0 Å². The van der Waals surface area contributed by atoms with E-state index >= 15 is 0 Å². The Kier molecular flexibility index (Phi) is 4.40. The highest BCUT2D eigenvalue weighted by Gasteiger charge is 2.30. The Balaban J connectivity index is 1.80. The first-order valence-corrected chi connectivity index (χ1v) is 6.55. The molecule has 1 saturated heterocycles. The van der Waals surface area contributed by atoms with Gasteiger partial charge >= 0.3 is 5.97 Å². The molecule has 1 aliphatic heterocycles. The molecule has 1 saturated carbocycles. The minimum absolute atomic E-state index is 0.0618. The number of ether oxygens (including phenoxy) is 3. The quantitative estimate of drug-likeness (QED) is 0.692. The van der Waals surface area contributed by atoms with E-state index in [1.165, 1.54) is 6.42 Å². The lowest BCUT2D eigenvalue weighted by Gasteiger charge is -2.32. The summed E-state index contributed by atoms with van der Waals surface area (Å²) in [5.74, 6) is 1.02. The zero-order valence-corrected chi connectivity index (χ0v) is 10.7. The molecule has 0 spiro atoms. The number of hydrogen-bond donors (Lipinski definition) is 0. The lowest BCUT2D eigenvalue weighted by Crippen LogP contribution is -2.39. The van der Waals surface area contributed by atoms with Crippen molar-refractivity contribution in [2.75, 3.05) is 19.8 Å². The van der Waals surface area contributed by atoms with Crippen LogP contribution in [0.25, 0.3) is 0 Å². The summed E-state index contributed by atoms with van der Waals surface area (Å²) in [6.07, 6.45) is 2.73. The van der Waals surface area contributed by atoms with Crippen LogP contribution in [0, 0.1) is 11.8 Å². The fraction of sp³-hybridized carbons (Fsp3) is 0.923. The van der Waals surface area contributed by atoms with Crippen molar-refractivity contribution in [3.8, 4) is 0 Å². The van der Waals surface area contributed by atoms with E-state index in [1.807, 2.05) is 0 Å². The SMILES string of the molecule is C[C@@H]1CC(OC(=O)[C@@H]2COCCO2)C[C@H](C)C1. The van der Waals surface area contributed by atoms with Crippen molar-refractivity contribution in [3.05, 3.63) is 0 Å². The minimum atomic E-state index is -0.517. The van der Waals surface area contributed by atoms with E-state index in [0.717, 1.165) is 12.8 Å². The first-order chi connectivity index (χ1) is 8.15. The lowest BCUT2D eigenvalue weighted by molar-refractivity contribution is -0.178. The van der Waals surface area contributed by atoms with Crippen LogP contribution in [0.2, 0.25) is 0 Å². The van der Waals surface area contributed by atoms with E-state index in [-0.39, 0.29) is 12.1 Å². The van der Waals surface area contributed by atoms with Gasteiger partial charge in [-0.25, -0.2) is 4.79 Å². The van der Waals surface area contributed by atoms with Crippen molar-refractivity contribution in [1.82, 2.24) is 0 Å². The van der Waals surface area contributed by atoms with Crippen molar-refractivity contribution in [2.45, 2.75) is 45.3 Å². The summed E-state index contributed by atoms with van der Waals surface area (Å²) in [7, 11) is 0. The topological polar surface area (TPSA) is 44.8 Å². The maximum absolute atomic E-state index is 11.9. The van der Waals surface area contributed by atoms with E-state index in [9.17, 15) is 4.79 Å². The number of rotatable bonds is 2. The van der Waals surface area contributed by atoms with Crippen molar-refractivity contribution in [1.29, 1.82) is 0 Å². The normalized spacial score (nSPS) is 38.7. The molecule has 0 aromatic rings. The number of carbonyl (C=O) groups excluding carboxylic acids is 1. The van der Waals surface area contributed by atoms with Crippen molar-refractivity contribution < 1.29 is 19.0 Å². The fourth-order valence-corrected chi connectivity index (χ4v) is 2.83. The highest BCUT2D eigenvalue weighted by Crippen LogP contribution is 2.30. The average Bonchev–Trinajstić information content (AvgIpc) is 2.28. The highest BCUT2D eigenvalue weighted by molar-refractivity contribution is 5.75. The predicted octanol–water partition coefficient (Wildman–Crippen LogP) is 1.77. The molecule has 0 bridgehead atoms. The van der Waals surface area contributed by atoms with E-state index < -0.39 is 6.10 Å². The number of carbonyl (C=O) groups is 1. The summed E-state index contributed by atoms with van der Waals surface area (Å²) in [6, 6.07) is 0. The van der Waals surface area contributed by atoms with Crippen molar-refractivity contribution >= 4 is 5.97 Å². The zero-order chi connectivity index (χ0) is 12.3. The Hall–Kier alpha value is -0.610. The van der Waals surface area contributed by atoms with Crippen LogP contribution in [-0.4, -0.2) is 38.0 Å².